The Kier molecular flexibility index (Phi) is 4.29. The lowest BCUT2D eigenvalue weighted by molar-refractivity contribution is 0.0921. The van der Waals surface area contributed by atoms with Crippen LogP contribution in [0.1, 0.15) is 33.5 Å². The number of hydrogen-bond donors (Lipinski definition) is 0. The first-order valence-corrected chi connectivity index (χ1v) is 8.91. The van der Waals surface area contributed by atoms with Gasteiger partial charge in [-0.05, 0) is 37.8 Å². The summed E-state index contributed by atoms with van der Waals surface area (Å²) in [4.78, 5) is 24.4. The van der Waals surface area contributed by atoms with Crippen molar-refractivity contribution < 1.29 is 13.9 Å². The lowest BCUT2D eigenvalue weighted by Gasteiger charge is -2.10. The first-order valence-electron chi connectivity index (χ1n) is 8.54. The number of ketones is 1. The molecule has 26 heavy (non-hydrogen) atoms. The zero-order valence-corrected chi connectivity index (χ0v) is 15.1. The number of ether oxygens (including phenoxy) is 1. The molecule has 4 nitrogen and oxygen atoms in total. The molecule has 2 aromatic carbocycles. The maximum atomic E-state index is 12.3. The molecule has 0 N–H and O–H groups in total. The standard InChI is InChI=1S/C21H17ClO4/c1-12-5-7-13(8-6-12)18(23)11-25-20-10-19-16(9-17(20)22)14-3-2-4-15(14)21(24)26-19/h5-10H,2-4,11H2,1H3. The Morgan fingerprint density at radius 1 is 1.15 bits per heavy atom. The van der Waals surface area contributed by atoms with Crippen molar-refractivity contribution in [2.24, 2.45) is 0 Å². The van der Waals surface area contributed by atoms with Crippen LogP contribution in [0.2, 0.25) is 5.02 Å². The summed E-state index contributed by atoms with van der Waals surface area (Å²) in [6, 6.07) is 10.7. The van der Waals surface area contributed by atoms with Crippen molar-refractivity contribution in [2.75, 3.05) is 6.61 Å². The van der Waals surface area contributed by atoms with E-state index in [1.54, 1.807) is 24.3 Å². The SMILES string of the molecule is Cc1ccc(C(=O)COc2cc3oc(=O)c4c(c3cc2Cl)CCC4)cc1. The van der Waals surface area contributed by atoms with Crippen molar-refractivity contribution in [1.29, 1.82) is 0 Å². The van der Waals surface area contributed by atoms with E-state index in [1.807, 2.05) is 19.1 Å². The van der Waals surface area contributed by atoms with Gasteiger partial charge in [-0.3, -0.25) is 4.79 Å². The Morgan fingerprint density at radius 2 is 1.88 bits per heavy atom. The van der Waals surface area contributed by atoms with Crippen LogP contribution in [0.15, 0.2) is 45.6 Å². The highest BCUT2D eigenvalue weighted by Crippen LogP contribution is 2.34. The number of fused-ring (bicyclic) bond motifs is 3. The molecule has 0 unspecified atom stereocenters. The van der Waals surface area contributed by atoms with Crippen molar-refractivity contribution in [3.05, 3.63) is 74.1 Å². The molecule has 0 spiro atoms. The van der Waals surface area contributed by atoms with Gasteiger partial charge in [-0.15, -0.1) is 0 Å². The third-order valence-electron chi connectivity index (χ3n) is 4.76. The average Bonchev–Trinajstić information content (AvgIpc) is 3.12. The summed E-state index contributed by atoms with van der Waals surface area (Å²) >= 11 is 6.34. The topological polar surface area (TPSA) is 56.5 Å². The van der Waals surface area contributed by atoms with E-state index in [1.165, 1.54) is 0 Å². The van der Waals surface area contributed by atoms with Crippen LogP contribution in [0, 0.1) is 6.92 Å². The predicted molar refractivity (Wildman–Crippen MR) is 101 cm³/mol. The second-order valence-electron chi connectivity index (χ2n) is 6.56. The number of carbonyl (C=O) groups excluding carboxylic acids is 1. The Labute approximate surface area is 155 Å². The van der Waals surface area contributed by atoms with Gasteiger partial charge in [0, 0.05) is 22.6 Å². The van der Waals surface area contributed by atoms with Gasteiger partial charge in [0.25, 0.3) is 0 Å². The van der Waals surface area contributed by atoms with Crippen molar-refractivity contribution >= 4 is 28.4 Å². The first-order chi connectivity index (χ1) is 12.5. The minimum absolute atomic E-state index is 0.135. The summed E-state index contributed by atoms with van der Waals surface area (Å²) in [6.07, 6.45) is 2.54. The Hall–Kier alpha value is -2.59. The summed E-state index contributed by atoms with van der Waals surface area (Å²) in [6.45, 7) is 1.83. The Bertz CT molecular complexity index is 1060. The van der Waals surface area contributed by atoms with Crippen LogP contribution < -0.4 is 10.4 Å². The van der Waals surface area contributed by atoms with E-state index in [0.717, 1.165) is 41.3 Å². The quantitative estimate of drug-likeness (QED) is 0.502. The van der Waals surface area contributed by atoms with Gasteiger partial charge < -0.3 is 9.15 Å². The van der Waals surface area contributed by atoms with E-state index in [0.29, 0.717) is 21.9 Å². The lowest BCUT2D eigenvalue weighted by atomic mass is 10.1. The molecule has 0 atom stereocenters. The predicted octanol–water partition coefficient (Wildman–Crippen LogP) is 4.51. The molecule has 1 aliphatic carbocycles. The Balaban J connectivity index is 1.62. The minimum Gasteiger partial charge on any atom is -0.484 e. The van der Waals surface area contributed by atoms with Gasteiger partial charge in [-0.1, -0.05) is 41.4 Å². The van der Waals surface area contributed by atoms with Gasteiger partial charge in [0.1, 0.15) is 11.3 Å². The van der Waals surface area contributed by atoms with Crippen molar-refractivity contribution in [3.8, 4) is 5.75 Å². The molecular formula is C21H17ClO4. The van der Waals surface area contributed by atoms with Crippen molar-refractivity contribution in [1.82, 2.24) is 0 Å². The molecule has 3 aromatic rings. The van der Waals surface area contributed by atoms with E-state index < -0.39 is 0 Å². The van der Waals surface area contributed by atoms with Crippen LogP contribution in [0.5, 0.6) is 5.75 Å². The molecule has 0 fully saturated rings. The number of Topliss-reactive ketones (excluding diaryl/α,β-unsaturated/α-hetero) is 1. The van der Waals surface area contributed by atoms with Gasteiger partial charge in [0.05, 0.1) is 5.02 Å². The summed E-state index contributed by atoms with van der Waals surface area (Å²) in [5.41, 5.74) is 3.57. The van der Waals surface area contributed by atoms with Gasteiger partial charge in [0.2, 0.25) is 0 Å². The lowest BCUT2D eigenvalue weighted by Crippen LogP contribution is -2.12. The molecule has 0 radical (unpaired) electrons. The molecule has 5 heteroatoms. The fourth-order valence-corrected chi connectivity index (χ4v) is 3.58. The van der Waals surface area contributed by atoms with Crippen molar-refractivity contribution in [3.63, 3.8) is 0 Å². The minimum atomic E-state index is -0.297. The summed E-state index contributed by atoms with van der Waals surface area (Å²) in [5.74, 6) is 0.192. The number of rotatable bonds is 4. The van der Waals surface area contributed by atoms with E-state index in [2.05, 4.69) is 0 Å². The molecule has 1 aromatic heterocycles. The van der Waals surface area contributed by atoms with Crippen LogP contribution in [0.3, 0.4) is 0 Å². The van der Waals surface area contributed by atoms with Crippen LogP contribution in [-0.4, -0.2) is 12.4 Å². The average molecular weight is 369 g/mol. The summed E-state index contributed by atoms with van der Waals surface area (Å²) in [5, 5.41) is 1.25. The normalized spacial score (nSPS) is 13.0. The molecule has 132 valence electrons. The monoisotopic (exact) mass is 368 g/mol. The Morgan fingerprint density at radius 3 is 2.65 bits per heavy atom. The van der Waals surface area contributed by atoms with E-state index in [9.17, 15) is 9.59 Å². The highest BCUT2D eigenvalue weighted by molar-refractivity contribution is 6.32. The number of aryl methyl sites for hydroxylation is 2. The second-order valence-corrected chi connectivity index (χ2v) is 6.96. The van der Waals surface area contributed by atoms with E-state index in [-0.39, 0.29) is 18.0 Å². The molecule has 0 amide bonds. The molecule has 4 rings (SSSR count). The second kappa shape index (κ2) is 6.61. The number of carbonyl (C=O) groups is 1. The zero-order valence-electron chi connectivity index (χ0n) is 14.3. The third kappa shape index (κ3) is 3.01. The fourth-order valence-electron chi connectivity index (χ4n) is 3.36. The van der Waals surface area contributed by atoms with Crippen molar-refractivity contribution in [2.45, 2.75) is 26.2 Å². The van der Waals surface area contributed by atoms with Crippen LogP contribution in [0.4, 0.5) is 0 Å². The molecule has 1 aliphatic rings. The molecule has 0 bridgehead atoms. The summed E-state index contributed by atoms with van der Waals surface area (Å²) in [7, 11) is 0. The fraction of sp³-hybridized carbons (Fsp3) is 0.238. The molecule has 0 saturated carbocycles. The number of halogens is 1. The molecule has 0 aliphatic heterocycles. The molecule has 1 heterocycles. The zero-order chi connectivity index (χ0) is 18.3. The highest BCUT2D eigenvalue weighted by Gasteiger charge is 2.21. The highest BCUT2D eigenvalue weighted by atomic mass is 35.5. The molecule has 0 saturated heterocycles. The first kappa shape index (κ1) is 16.9. The maximum absolute atomic E-state index is 12.3. The molecular weight excluding hydrogens is 352 g/mol. The maximum Gasteiger partial charge on any atom is 0.339 e. The van der Waals surface area contributed by atoms with Gasteiger partial charge in [-0.25, -0.2) is 4.79 Å². The van der Waals surface area contributed by atoms with Gasteiger partial charge in [-0.2, -0.15) is 0 Å². The largest absolute Gasteiger partial charge is 0.484 e. The van der Waals surface area contributed by atoms with Crippen LogP contribution >= 0.6 is 11.6 Å². The van der Waals surface area contributed by atoms with Gasteiger partial charge in [0.15, 0.2) is 12.4 Å². The number of hydrogen-bond acceptors (Lipinski definition) is 4. The van der Waals surface area contributed by atoms with Gasteiger partial charge >= 0.3 is 5.63 Å². The van der Waals surface area contributed by atoms with E-state index >= 15 is 0 Å². The van der Waals surface area contributed by atoms with Crippen LogP contribution in [-0.2, 0) is 12.8 Å². The third-order valence-corrected chi connectivity index (χ3v) is 5.05. The van der Waals surface area contributed by atoms with Crippen LogP contribution in [0.25, 0.3) is 11.0 Å². The smallest absolute Gasteiger partial charge is 0.339 e. The number of benzene rings is 2. The summed E-state index contributed by atoms with van der Waals surface area (Å²) < 4.78 is 11.0. The van der Waals surface area contributed by atoms with E-state index in [4.69, 9.17) is 20.8 Å².